The van der Waals surface area contributed by atoms with Gasteiger partial charge in [0.2, 0.25) is 0 Å². The predicted molar refractivity (Wildman–Crippen MR) is 115 cm³/mol. The van der Waals surface area contributed by atoms with Crippen molar-refractivity contribution in [1.29, 1.82) is 0 Å². The number of rotatable bonds is 8. The van der Waals surface area contributed by atoms with Crippen molar-refractivity contribution in [3.8, 4) is 5.75 Å². The van der Waals surface area contributed by atoms with Crippen LogP contribution in [0.4, 0.5) is 11.4 Å². The molecule has 2 unspecified atom stereocenters. The Labute approximate surface area is 175 Å². The van der Waals surface area contributed by atoms with Gasteiger partial charge in [0.25, 0.3) is 0 Å². The normalized spacial score (nSPS) is 19.0. The Morgan fingerprint density at radius 2 is 2.11 bits per heavy atom. The number of benzene rings is 2. The van der Waals surface area contributed by atoms with Gasteiger partial charge in [-0.3, -0.25) is 0 Å². The highest BCUT2D eigenvalue weighted by molar-refractivity contribution is 7.91. The Balaban J connectivity index is 2.00. The molecular weight excluding hydrogens is 394 g/mol. The van der Waals surface area contributed by atoms with E-state index in [1.165, 1.54) is 0 Å². The quantitative estimate of drug-likeness (QED) is 0.327. The van der Waals surface area contributed by atoms with E-state index in [0.29, 0.717) is 28.9 Å². The molecule has 0 bridgehead atoms. The molecule has 0 N–H and O–H groups in total. The van der Waals surface area contributed by atoms with Gasteiger partial charge >= 0.3 is 0 Å². The lowest BCUT2D eigenvalue weighted by atomic mass is 10.0. The van der Waals surface area contributed by atoms with Gasteiger partial charge in [0.1, 0.15) is 17.8 Å². The first-order valence-corrected chi connectivity index (χ1v) is 11.4. The smallest absolute Gasteiger partial charge is 0.180 e. The summed E-state index contributed by atoms with van der Waals surface area (Å²) in [5, 5.41) is 0.467. The van der Waals surface area contributed by atoms with E-state index < -0.39 is 11.2 Å². The molecule has 0 radical (unpaired) electrons. The lowest BCUT2D eigenvalue weighted by molar-refractivity contribution is -0.108. The summed E-state index contributed by atoms with van der Waals surface area (Å²) in [6.07, 6.45) is 4.41. The van der Waals surface area contributed by atoms with Crippen molar-refractivity contribution in [3.63, 3.8) is 0 Å². The lowest BCUT2D eigenvalue weighted by Gasteiger charge is -2.26. The minimum absolute atomic E-state index is 0.260. The highest BCUT2D eigenvalue weighted by Gasteiger charge is 2.32. The third-order valence-electron chi connectivity index (χ3n) is 4.90. The number of unbranched alkanes of at least 4 members (excludes halogenated alkanes) is 1. The van der Waals surface area contributed by atoms with Gasteiger partial charge in [0.05, 0.1) is 17.3 Å². The van der Waals surface area contributed by atoms with E-state index in [9.17, 15) is 9.35 Å². The molecule has 1 heterocycles. The molecular formula is C22H26ClNO3S. The average molecular weight is 420 g/mol. The van der Waals surface area contributed by atoms with E-state index in [-0.39, 0.29) is 6.61 Å². The largest absolute Gasteiger partial charge is 0.611 e. The maximum absolute atomic E-state index is 13.2. The van der Waals surface area contributed by atoms with Crippen molar-refractivity contribution in [1.82, 2.24) is 0 Å². The van der Waals surface area contributed by atoms with Crippen LogP contribution in [0.15, 0.2) is 47.4 Å². The van der Waals surface area contributed by atoms with Crippen molar-refractivity contribution < 1.29 is 14.1 Å². The van der Waals surface area contributed by atoms with Gasteiger partial charge in [-0.1, -0.05) is 49.6 Å². The molecule has 2 aromatic rings. The standard InChI is InChI=1S/C22H26ClNO3S/c1-2-3-8-17-15-24(18-9-5-4-6-10-18)20-13-19(23)21(27-12-7-11-25)14-22(20)28(26)16-17/h4-6,9-11,13-14,17H,2-3,7-8,12,15-16H2,1H3. The van der Waals surface area contributed by atoms with Gasteiger partial charge in [-0.25, -0.2) is 0 Å². The molecule has 0 aliphatic carbocycles. The summed E-state index contributed by atoms with van der Waals surface area (Å²) in [5.41, 5.74) is 1.94. The van der Waals surface area contributed by atoms with E-state index in [1.54, 1.807) is 6.07 Å². The van der Waals surface area contributed by atoms with E-state index in [1.807, 2.05) is 24.3 Å². The summed E-state index contributed by atoms with van der Waals surface area (Å²) < 4.78 is 18.8. The summed E-state index contributed by atoms with van der Waals surface area (Å²) in [4.78, 5) is 13.5. The van der Waals surface area contributed by atoms with E-state index in [4.69, 9.17) is 16.3 Å². The number of aldehydes is 1. The molecule has 0 saturated heterocycles. The monoisotopic (exact) mass is 419 g/mol. The molecule has 2 atom stereocenters. The molecule has 1 aliphatic rings. The Hall–Kier alpha value is -1.69. The molecule has 0 amide bonds. The number of hydrogen-bond acceptors (Lipinski definition) is 4. The molecule has 6 heteroatoms. The van der Waals surface area contributed by atoms with Gasteiger partial charge in [0, 0.05) is 30.6 Å². The Bertz CT molecular complexity index is 787. The molecule has 1 aliphatic heterocycles. The second-order valence-corrected chi connectivity index (χ2v) is 8.89. The highest BCUT2D eigenvalue weighted by atomic mass is 35.5. The van der Waals surface area contributed by atoms with Crippen LogP contribution in [0.3, 0.4) is 0 Å². The fourth-order valence-electron chi connectivity index (χ4n) is 3.48. The maximum Gasteiger partial charge on any atom is 0.180 e. The van der Waals surface area contributed by atoms with Crippen molar-refractivity contribution in [2.75, 3.05) is 23.8 Å². The SMILES string of the molecule is CCCCC1CN(c2ccccc2)c2cc(Cl)c(OCCC=O)cc2[S+]([O-])C1. The molecule has 0 spiro atoms. The predicted octanol–water partition coefficient (Wildman–Crippen LogP) is 5.37. The maximum atomic E-state index is 13.2. The molecule has 28 heavy (non-hydrogen) atoms. The second-order valence-electron chi connectivity index (χ2n) is 7.02. The van der Waals surface area contributed by atoms with Crippen LogP contribution in [0.25, 0.3) is 0 Å². The van der Waals surface area contributed by atoms with Gasteiger partial charge in [-0.05, 0) is 35.8 Å². The number of anilines is 2. The number of carbonyl (C=O) groups is 1. The minimum atomic E-state index is -1.14. The Morgan fingerprint density at radius 3 is 2.82 bits per heavy atom. The summed E-state index contributed by atoms with van der Waals surface area (Å²) in [7, 11) is 0. The first kappa shape index (κ1) is 21.0. The van der Waals surface area contributed by atoms with Crippen LogP contribution in [0.2, 0.25) is 5.02 Å². The van der Waals surface area contributed by atoms with E-state index in [0.717, 1.165) is 48.4 Å². The van der Waals surface area contributed by atoms with E-state index >= 15 is 0 Å². The summed E-state index contributed by atoms with van der Waals surface area (Å²) >= 11 is 5.34. The molecule has 0 aromatic heterocycles. The molecule has 4 nitrogen and oxygen atoms in total. The first-order chi connectivity index (χ1) is 13.6. The number of fused-ring (bicyclic) bond motifs is 1. The van der Waals surface area contributed by atoms with Crippen molar-refractivity contribution in [2.24, 2.45) is 5.92 Å². The van der Waals surface area contributed by atoms with Crippen molar-refractivity contribution in [3.05, 3.63) is 47.5 Å². The fourth-order valence-corrected chi connectivity index (χ4v) is 5.21. The molecule has 3 rings (SSSR count). The molecule has 150 valence electrons. The zero-order valence-electron chi connectivity index (χ0n) is 16.1. The average Bonchev–Trinajstić information content (AvgIpc) is 2.84. The first-order valence-electron chi connectivity index (χ1n) is 9.75. The topological polar surface area (TPSA) is 52.6 Å². The van der Waals surface area contributed by atoms with E-state index in [2.05, 4.69) is 24.0 Å². The number of halogens is 1. The van der Waals surface area contributed by atoms with Crippen LogP contribution < -0.4 is 9.64 Å². The van der Waals surface area contributed by atoms with Crippen LogP contribution in [-0.4, -0.2) is 29.7 Å². The lowest BCUT2D eigenvalue weighted by Crippen LogP contribution is -2.26. The molecule has 0 fully saturated rings. The molecule has 2 aromatic carbocycles. The zero-order valence-corrected chi connectivity index (χ0v) is 17.7. The van der Waals surface area contributed by atoms with Crippen LogP contribution in [-0.2, 0) is 16.0 Å². The van der Waals surface area contributed by atoms with Crippen LogP contribution in [0.1, 0.15) is 32.6 Å². The number of carbonyl (C=O) groups excluding carboxylic acids is 1. The van der Waals surface area contributed by atoms with Gasteiger partial charge in [-0.2, -0.15) is 0 Å². The minimum Gasteiger partial charge on any atom is -0.611 e. The Kier molecular flexibility index (Phi) is 7.65. The summed E-state index contributed by atoms with van der Waals surface area (Å²) in [6.45, 7) is 3.25. The van der Waals surface area contributed by atoms with Crippen molar-refractivity contribution >= 4 is 40.4 Å². The highest BCUT2D eigenvalue weighted by Crippen LogP contribution is 2.42. The van der Waals surface area contributed by atoms with Crippen molar-refractivity contribution in [2.45, 2.75) is 37.5 Å². The summed E-state index contributed by atoms with van der Waals surface area (Å²) in [6, 6.07) is 13.8. The number of hydrogen-bond donors (Lipinski definition) is 0. The van der Waals surface area contributed by atoms with Crippen LogP contribution in [0, 0.1) is 5.92 Å². The van der Waals surface area contributed by atoms with Gasteiger partial charge in [-0.15, -0.1) is 0 Å². The molecule has 0 saturated carbocycles. The van der Waals surface area contributed by atoms with Crippen LogP contribution in [0.5, 0.6) is 5.75 Å². The second kappa shape index (κ2) is 10.2. The number of para-hydroxylation sites is 1. The summed E-state index contributed by atoms with van der Waals surface area (Å²) in [5.74, 6) is 1.45. The third-order valence-corrected chi connectivity index (χ3v) is 6.79. The number of ether oxygens (including phenoxy) is 1. The number of nitrogens with zero attached hydrogens (tertiary/aromatic N) is 1. The van der Waals surface area contributed by atoms with Crippen LogP contribution >= 0.6 is 11.6 Å². The zero-order chi connectivity index (χ0) is 19.9. The third kappa shape index (κ3) is 5.02. The van der Waals surface area contributed by atoms with Gasteiger partial charge < -0.3 is 19.0 Å². The Morgan fingerprint density at radius 1 is 1.32 bits per heavy atom. The fraction of sp³-hybridized carbons (Fsp3) is 0.409. The van der Waals surface area contributed by atoms with Gasteiger partial charge in [0.15, 0.2) is 4.90 Å².